The fraction of sp³-hybridized carbons (Fsp3) is 0.462. The number of benzene rings is 2. The van der Waals surface area contributed by atoms with Gasteiger partial charge in [0, 0.05) is 11.6 Å². The molecular weight excluding hydrogens is 374 g/mol. The molecular formula is C26H29NO3. The summed E-state index contributed by atoms with van der Waals surface area (Å²) in [6, 6.07) is 14.0. The average molecular weight is 404 g/mol. The molecule has 30 heavy (non-hydrogen) atoms. The Morgan fingerprint density at radius 2 is 1.90 bits per heavy atom. The van der Waals surface area contributed by atoms with E-state index in [1.54, 1.807) is 0 Å². The summed E-state index contributed by atoms with van der Waals surface area (Å²) in [5.41, 5.74) is 4.08. The van der Waals surface area contributed by atoms with Gasteiger partial charge < -0.3 is 9.64 Å². The standard InChI is InChI=1S/C26H29NO3/c1-3-30-25(29)26-16-18-15-17(2)13-14-20(18)23(26)27(19-9-5-4-6-10-19)24(28)21-11-7-8-12-22(21)26/h7-8,11-15,19,23H,3-6,9-10,16H2,1-2H3/t23-,26+/m1/s1. The van der Waals surface area contributed by atoms with Gasteiger partial charge in [0.15, 0.2) is 0 Å². The molecule has 156 valence electrons. The summed E-state index contributed by atoms with van der Waals surface area (Å²) in [6.07, 6.45) is 6.08. The molecule has 0 bridgehead atoms. The Kier molecular flexibility index (Phi) is 4.68. The Bertz CT molecular complexity index is 1010. The van der Waals surface area contributed by atoms with Gasteiger partial charge in [0.05, 0.1) is 12.6 Å². The Morgan fingerprint density at radius 3 is 2.67 bits per heavy atom. The number of aryl methyl sites for hydroxylation is 1. The second kappa shape index (κ2) is 7.26. The van der Waals surface area contributed by atoms with Crippen LogP contribution in [0, 0.1) is 6.92 Å². The summed E-state index contributed by atoms with van der Waals surface area (Å²) < 4.78 is 5.70. The first kappa shape index (κ1) is 19.3. The van der Waals surface area contributed by atoms with E-state index in [4.69, 9.17) is 4.74 Å². The highest BCUT2D eigenvalue weighted by Crippen LogP contribution is 2.56. The normalized spacial score (nSPS) is 25.5. The maximum atomic E-state index is 13.8. The number of carbonyl (C=O) groups is 2. The van der Waals surface area contributed by atoms with Crippen LogP contribution in [0.4, 0.5) is 0 Å². The molecule has 1 heterocycles. The van der Waals surface area contributed by atoms with E-state index >= 15 is 0 Å². The van der Waals surface area contributed by atoms with Gasteiger partial charge in [-0.3, -0.25) is 9.59 Å². The maximum Gasteiger partial charge on any atom is 0.319 e. The van der Waals surface area contributed by atoms with Crippen molar-refractivity contribution in [2.75, 3.05) is 6.61 Å². The van der Waals surface area contributed by atoms with Gasteiger partial charge in [0.25, 0.3) is 5.91 Å². The molecule has 2 aromatic carbocycles. The van der Waals surface area contributed by atoms with E-state index in [9.17, 15) is 9.59 Å². The Morgan fingerprint density at radius 1 is 1.13 bits per heavy atom. The summed E-state index contributed by atoms with van der Waals surface area (Å²) in [5.74, 6) is -0.138. The zero-order valence-corrected chi connectivity index (χ0v) is 17.8. The molecule has 0 unspecified atom stereocenters. The molecule has 2 aromatic rings. The second-order valence-corrected chi connectivity index (χ2v) is 9.02. The number of amides is 1. The van der Waals surface area contributed by atoms with E-state index in [1.165, 1.54) is 17.5 Å². The summed E-state index contributed by atoms with van der Waals surface area (Å²) >= 11 is 0. The lowest BCUT2D eigenvalue weighted by atomic mass is 9.68. The molecule has 0 radical (unpaired) electrons. The molecule has 1 saturated carbocycles. The van der Waals surface area contributed by atoms with Crippen molar-refractivity contribution >= 4 is 11.9 Å². The first-order chi connectivity index (χ1) is 14.6. The third-order valence-electron chi connectivity index (χ3n) is 7.29. The molecule has 2 aliphatic carbocycles. The molecule has 4 nitrogen and oxygen atoms in total. The molecule has 1 amide bonds. The fourth-order valence-corrected chi connectivity index (χ4v) is 6.05. The largest absolute Gasteiger partial charge is 0.465 e. The van der Waals surface area contributed by atoms with Crippen molar-refractivity contribution in [3.8, 4) is 0 Å². The third kappa shape index (κ3) is 2.65. The molecule has 3 aliphatic rings. The minimum Gasteiger partial charge on any atom is -0.465 e. The number of rotatable bonds is 3. The highest BCUT2D eigenvalue weighted by molar-refractivity contribution is 6.03. The Labute approximate surface area is 178 Å². The topological polar surface area (TPSA) is 46.6 Å². The van der Waals surface area contributed by atoms with Crippen molar-refractivity contribution in [3.05, 3.63) is 70.3 Å². The molecule has 2 atom stereocenters. The van der Waals surface area contributed by atoms with Gasteiger partial charge in [0.2, 0.25) is 0 Å². The number of hydrogen-bond donors (Lipinski definition) is 0. The first-order valence-electron chi connectivity index (χ1n) is 11.3. The van der Waals surface area contributed by atoms with E-state index in [0.717, 1.165) is 36.8 Å². The molecule has 0 saturated heterocycles. The minimum absolute atomic E-state index is 0.0656. The van der Waals surface area contributed by atoms with Crippen LogP contribution in [-0.2, 0) is 21.4 Å². The van der Waals surface area contributed by atoms with Gasteiger partial charge in [-0.15, -0.1) is 0 Å². The van der Waals surface area contributed by atoms with Crippen LogP contribution in [-0.4, -0.2) is 29.4 Å². The van der Waals surface area contributed by atoms with Crippen molar-refractivity contribution in [1.29, 1.82) is 0 Å². The van der Waals surface area contributed by atoms with Gasteiger partial charge in [-0.2, -0.15) is 0 Å². The summed E-state index contributed by atoms with van der Waals surface area (Å²) in [6.45, 7) is 4.27. The van der Waals surface area contributed by atoms with Crippen LogP contribution in [0.5, 0.6) is 0 Å². The number of esters is 1. The zero-order valence-electron chi connectivity index (χ0n) is 17.8. The predicted octanol–water partition coefficient (Wildman–Crippen LogP) is 4.88. The van der Waals surface area contributed by atoms with Crippen LogP contribution in [0.3, 0.4) is 0 Å². The lowest BCUT2D eigenvalue weighted by molar-refractivity contribution is -0.153. The molecule has 1 fully saturated rings. The fourth-order valence-electron chi connectivity index (χ4n) is 6.05. The highest BCUT2D eigenvalue weighted by Gasteiger charge is 2.61. The highest BCUT2D eigenvalue weighted by atomic mass is 16.5. The number of nitrogens with zero attached hydrogens (tertiary/aromatic N) is 1. The number of hydrogen-bond acceptors (Lipinski definition) is 3. The molecule has 0 N–H and O–H groups in total. The average Bonchev–Trinajstić information content (AvgIpc) is 3.10. The minimum atomic E-state index is -0.867. The van der Waals surface area contributed by atoms with Crippen LogP contribution in [0.1, 0.15) is 77.7 Å². The lowest BCUT2D eigenvalue weighted by Crippen LogP contribution is -2.57. The van der Waals surface area contributed by atoms with E-state index < -0.39 is 5.41 Å². The molecule has 4 heteroatoms. The van der Waals surface area contributed by atoms with Gasteiger partial charge >= 0.3 is 5.97 Å². The molecule has 1 aliphatic heterocycles. The monoisotopic (exact) mass is 403 g/mol. The van der Waals surface area contributed by atoms with E-state index in [2.05, 4.69) is 30.0 Å². The van der Waals surface area contributed by atoms with Crippen LogP contribution in [0.25, 0.3) is 0 Å². The molecule has 0 aromatic heterocycles. The number of fused-ring (bicyclic) bond motifs is 5. The van der Waals surface area contributed by atoms with Crippen LogP contribution in [0.15, 0.2) is 42.5 Å². The van der Waals surface area contributed by atoms with E-state index in [-0.39, 0.29) is 24.0 Å². The van der Waals surface area contributed by atoms with E-state index in [1.807, 2.05) is 31.2 Å². The number of ether oxygens (including phenoxy) is 1. The third-order valence-corrected chi connectivity index (χ3v) is 7.29. The van der Waals surface area contributed by atoms with Crippen LogP contribution < -0.4 is 0 Å². The van der Waals surface area contributed by atoms with Crippen molar-refractivity contribution in [3.63, 3.8) is 0 Å². The summed E-state index contributed by atoms with van der Waals surface area (Å²) in [5, 5.41) is 0. The first-order valence-corrected chi connectivity index (χ1v) is 11.3. The van der Waals surface area contributed by atoms with Crippen molar-refractivity contribution in [2.24, 2.45) is 0 Å². The molecule has 0 spiro atoms. The van der Waals surface area contributed by atoms with Crippen LogP contribution in [0.2, 0.25) is 0 Å². The smallest absolute Gasteiger partial charge is 0.319 e. The summed E-state index contributed by atoms with van der Waals surface area (Å²) in [7, 11) is 0. The molecule has 5 rings (SSSR count). The lowest BCUT2D eigenvalue weighted by Gasteiger charge is -2.49. The Hall–Kier alpha value is -2.62. The van der Waals surface area contributed by atoms with Gasteiger partial charge in [-0.25, -0.2) is 0 Å². The second-order valence-electron chi connectivity index (χ2n) is 9.02. The van der Waals surface area contributed by atoms with Gasteiger partial charge in [0.1, 0.15) is 5.41 Å². The quantitative estimate of drug-likeness (QED) is 0.686. The zero-order chi connectivity index (χ0) is 20.9. The van der Waals surface area contributed by atoms with E-state index in [0.29, 0.717) is 18.6 Å². The summed E-state index contributed by atoms with van der Waals surface area (Å²) in [4.78, 5) is 29.6. The number of carbonyl (C=O) groups excluding carboxylic acids is 2. The van der Waals surface area contributed by atoms with Crippen molar-refractivity contribution in [2.45, 2.75) is 69.9 Å². The van der Waals surface area contributed by atoms with Gasteiger partial charge in [-0.05, 0) is 55.9 Å². The predicted molar refractivity (Wildman–Crippen MR) is 115 cm³/mol. The Balaban J connectivity index is 1.78. The van der Waals surface area contributed by atoms with Crippen molar-refractivity contribution < 1.29 is 14.3 Å². The maximum absolute atomic E-state index is 13.8. The SMILES string of the molecule is CCOC(=O)[C@]12Cc3cc(C)ccc3[C@H]1N(C1CCCCC1)C(=O)c1ccccc12. The van der Waals surface area contributed by atoms with Crippen molar-refractivity contribution in [1.82, 2.24) is 4.90 Å². The van der Waals surface area contributed by atoms with Crippen LogP contribution >= 0.6 is 0 Å². The van der Waals surface area contributed by atoms with Gasteiger partial charge in [-0.1, -0.05) is 61.2 Å².